The number of hydrogen-bond donors (Lipinski definition) is 1. The molecule has 1 atom stereocenters. The van der Waals surface area contributed by atoms with Gasteiger partial charge in [0.1, 0.15) is 17.4 Å². The molecule has 1 fully saturated rings. The van der Waals surface area contributed by atoms with Gasteiger partial charge in [0.15, 0.2) is 5.65 Å². The standard InChI is InChI=1S/C12H12ClN3O2/c1-6(12(17)18)16-10(7-2-3-7)15-9-4-8(13)5-14-11(9)16/h4-7H,2-3H2,1H3,(H,17,18). The molecule has 0 amide bonds. The summed E-state index contributed by atoms with van der Waals surface area (Å²) >= 11 is 5.89. The highest BCUT2D eigenvalue weighted by molar-refractivity contribution is 6.31. The summed E-state index contributed by atoms with van der Waals surface area (Å²) in [7, 11) is 0. The van der Waals surface area contributed by atoms with Crippen LogP contribution in [-0.2, 0) is 4.79 Å². The smallest absolute Gasteiger partial charge is 0.326 e. The number of nitrogens with zero attached hydrogens (tertiary/aromatic N) is 3. The van der Waals surface area contributed by atoms with Crippen molar-refractivity contribution >= 4 is 28.7 Å². The first kappa shape index (κ1) is 11.5. The van der Waals surface area contributed by atoms with Gasteiger partial charge in [-0.2, -0.15) is 0 Å². The molecule has 2 aromatic heterocycles. The lowest BCUT2D eigenvalue weighted by Crippen LogP contribution is -2.18. The fourth-order valence-corrected chi connectivity index (χ4v) is 2.25. The van der Waals surface area contributed by atoms with Crippen LogP contribution in [0.15, 0.2) is 12.3 Å². The molecular formula is C12H12ClN3O2. The van der Waals surface area contributed by atoms with Crippen LogP contribution in [0, 0.1) is 0 Å². The highest BCUT2D eigenvalue weighted by Gasteiger charge is 2.32. The Morgan fingerprint density at radius 1 is 1.61 bits per heavy atom. The molecule has 2 heterocycles. The van der Waals surface area contributed by atoms with Crippen molar-refractivity contribution < 1.29 is 9.90 Å². The maximum atomic E-state index is 11.2. The summed E-state index contributed by atoms with van der Waals surface area (Å²) in [5.41, 5.74) is 1.26. The van der Waals surface area contributed by atoms with Gasteiger partial charge in [0.05, 0.1) is 5.02 Å². The summed E-state index contributed by atoms with van der Waals surface area (Å²) in [5.74, 6) is 0.294. The number of aromatic nitrogens is 3. The zero-order valence-corrected chi connectivity index (χ0v) is 10.6. The Bertz CT molecular complexity index is 634. The van der Waals surface area contributed by atoms with Crippen molar-refractivity contribution in [3.05, 3.63) is 23.1 Å². The monoisotopic (exact) mass is 265 g/mol. The van der Waals surface area contributed by atoms with Gasteiger partial charge in [-0.15, -0.1) is 0 Å². The quantitative estimate of drug-likeness (QED) is 0.926. The predicted octanol–water partition coefficient (Wildman–Crippen LogP) is 2.61. The van der Waals surface area contributed by atoms with Crippen LogP contribution in [0.5, 0.6) is 0 Å². The second-order valence-electron chi connectivity index (χ2n) is 4.62. The third-order valence-corrected chi connectivity index (χ3v) is 3.42. The van der Waals surface area contributed by atoms with E-state index >= 15 is 0 Å². The van der Waals surface area contributed by atoms with Crippen LogP contribution >= 0.6 is 11.6 Å². The van der Waals surface area contributed by atoms with Gasteiger partial charge in [0.2, 0.25) is 0 Å². The minimum Gasteiger partial charge on any atom is -0.480 e. The molecule has 6 heteroatoms. The molecule has 1 aliphatic carbocycles. The van der Waals surface area contributed by atoms with Gasteiger partial charge in [-0.25, -0.2) is 14.8 Å². The number of hydrogen-bond acceptors (Lipinski definition) is 3. The molecule has 0 aliphatic heterocycles. The van der Waals surface area contributed by atoms with Gasteiger partial charge >= 0.3 is 5.97 Å². The number of carboxylic acid groups (broad SMARTS) is 1. The summed E-state index contributed by atoms with van der Waals surface area (Å²) in [6.07, 6.45) is 3.64. The van der Waals surface area contributed by atoms with Gasteiger partial charge in [-0.1, -0.05) is 11.6 Å². The van der Waals surface area contributed by atoms with Gasteiger partial charge in [-0.3, -0.25) is 4.57 Å². The van der Waals surface area contributed by atoms with E-state index in [1.165, 1.54) is 6.20 Å². The summed E-state index contributed by atoms with van der Waals surface area (Å²) in [6.45, 7) is 1.64. The van der Waals surface area contributed by atoms with E-state index in [1.54, 1.807) is 17.6 Å². The normalized spacial score (nSPS) is 17.0. The molecule has 1 N–H and O–H groups in total. The summed E-state index contributed by atoms with van der Waals surface area (Å²) < 4.78 is 1.71. The number of fused-ring (bicyclic) bond motifs is 1. The molecule has 5 nitrogen and oxygen atoms in total. The fourth-order valence-electron chi connectivity index (χ4n) is 2.10. The van der Waals surface area contributed by atoms with Crippen molar-refractivity contribution in [3.63, 3.8) is 0 Å². The lowest BCUT2D eigenvalue weighted by molar-refractivity contribution is -0.140. The lowest BCUT2D eigenvalue weighted by atomic mass is 10.3. The minimum absolute atomic E-state index is 0.361. The summed E-state index contributed by atoms with van der Waals surface area (Å²) in [4.78, 5) is 19.9. The summed E-state index contributed by atoms with van der Waals surface area (Å²) in [5, 5.41) is 9.70. The van der Waals surface area contributed by atoms with E-state index in [1.807, 2.05) is 0 Å². The number of halogens is 1. The number of rotatable bonds is 3. The molecule has 0 spiro atoms. The van der Waals surface area contributed by atoms with Crippen LogP contribution in [0.2, 0.25) is 5.02 Å². The van der Waals surface area contributed by atoms with Crippen molar-refractivity contribution in [3.8, 4) is 0 Å². The molecule has 0 bridgehead atoms. The molecule has 1 aliphatic rings. The number of carbonyl (C=O) groups is 1. The Kier molecular flexibility index (Phi) is 2.52. The van der Waals surface area contributed by atoms with Crippen LogP contribution in [-0.4, -0.2) is 25.6 Å². The zero-order valence-electron chi connectivity index (χ0n) is 9.80. The number of pyridine rings is 1. The van der Waals surface area contributed by atoms with Crippen molar-refractivity contribution in [2.75, 3.05) is 0 Å². The summed E-state index contributed by atoms with van der Waals surface area (Å²) in [6, 6.07) is 1.06. The Labute approximate surface area is 108 Å². The third kappa shape index (κ3) is 1.75. The van der Waals surface area contributed by atoms with Crippen LogP contribution in [0.1, 0.15) is 37.5 Å². The first-order chi connectivity index (χ1) is 8.58. The second kappa shape index (κ2) is 3.95. The molecular weight excluding hydrogens is 254 g/mol. The van der Waals surface area contributed by atoms with Crippen molar-refractivity contribution in [2.45, 2.75) is 31.7 Å². The van der Waals surface area contributed by atoms with Crippen molar-refractivity contribution in [1.82, 2.24) is 14.5 Å². The molecule has 2 aromatic rings. The molecule has 94 valence electrons. The molecule has 1 saturated carbocycles. The Hall–Kier alpha value is -1.62. The second-order valence-corrected chi connectivity index (χ2v) is 5.06. The average molecular weight is 266 g/mol. The third-order valence-electron chi connectivity index (χ3n) is 3.21. The maximum Gasteiger partial charge on any atom is 0.326 e. The predicted molar refractivity (Wildman–Crippen MR) is 66.9 cm³/mol. The van der Waals surface area contributed by atoms with Crippen molar-refractivity contribution in [2.24, 2.45) is 0 Å². The molecule has 0 radical (unpaired) electrons. The van der Waals surface area contributed by atoms with E-state index in [0.29, 0.717) is 22.1 Å². The lowest BCUT2D eigenvalue weighted by Gasteiger charge is -2.12. The Balaban J connectivity index is 2.24. The van der Waals surface area contributed by atoms with E-state index in [4.69, 9.17) is 11.6 Å². The SMILES string of the molecule is CC(C(=O)O)n1c(C2CC2)nc2cc(Cl)cnc21. The van der Waals surface area contributed by atoms with Crippen LogP contribution in [0.4, 0.5) is 0 Å². The molecule has 3 rings (SSSR count). The highest BCUT2D eigenvalue weighted by Crippen LogP contribution is 2.41. The van der Waals surface area contributed by atoms with E-state index in [-0.39, 0.29) is 0 Å². The first-order valence-corrected chi connectivity index (χ1v) is 6.22. The zero-order chi connectivity index (χ0) is 12.9. The fraction of sp³-hybridized carbons (Fsp3) is 0.417. The van der Waals surface area contributed by atoms with Gasteiger partial charge in [0, 0.05) is 12.1 Å². The Morgan fingerprint density at radius 3 is 2.94 bits per heavy atom. The van der Waals surface area contributed by atoms with E-state index < -0.39 is 12.0 Å². The maximum absolute atomic E-state index is 11.2. The average Bonchev–Trinajstić information content (AvgIpc) is 3.09. The van der Waals surface area contributed by atoms with Gasteiger partial charge in [-0.05, 0) is 25.8 Å². The van der Waals surface area contributed by atoms with Gasteiger partial charge < -0.3 is 5.11 Å². The van der Waals surface area contributed by atoms with Crippen LogP contribution < -0.4 is 0 Å². The first-order valence-electron chi connectivity index (χ1n) is 5.84. The van der Waals surface area contributed by atoms with Gasteiger partial charge in [0.25, 0.3) is 0 Å². The van der Waals surface area contributed by atoms with E-state index in [9.17, 15) is 9.90 Å². The topological polar surface area (TPSA) is 68.0 Å². The van der Waals surface area contributed by atoms with Crippen LogP contribution in [0.3, 0.4) is 0 Å². The highest BCUT2D eigenvalue weighted by atomic mass is 35.5. The van der Waals surface area contributed by atoms with E-state index in [2.05, 4.69) is 9.97 Å². The molecule has 1 unspecified atom stereocenters. The largest absolute Gasteiger partial charge is 0.480 e. The molecule has 18 heavy (non-hydrogen) atoms. The van der Waals surface area contributed by atoms with E-state index in [0.717, 1.165) is 18.7 Å². The van der Waals surface area contributed by atoms with Crippen molar-refractivity contribution in [1.29, 1.82) is 0 Å². The molecule has 0 saturated heterocycles. The number of carboxylic acids is 1. The Morgan fingerprint density at radius 2 is 2.33 bits per heavy atom. The van der Waals surface area contributed by atoms with Crippen LogP contribution in [0.25, 0.3) is 11.2 Å². The number of aliphatic carboxylic acids is 1. The molecule has 0 aromatic carbocycles. The number of imidazole rings is 1. The minimum atomic E-state index is -0.882.